The Morgan fingerprint density at radius 1 is 1.64 bits per heavy atom. The van der Waals surface area contributed by atoms with Crippen LogP contribution in [-0.4, -0.2) is 22.9 Å². The van der Waals surface area contributed by atoms with Gasteiger partial charge in [-0.1, -0.05) is 0 Å². The van der Waals surface area contributed by atoms with Gasteiger partial charge in [-0.2, -0.15) is 5.10 Å². The molecule has 3 nitrogen and oxygen atoms in total. The fourth-order valence-corrected chi connectivity index (χ4v) is 1.43. The van der Waals surface area contributed by atoms with Gasteiger partial charge < -0.3 is 5.32 Å². The molecule has 1 fully saturated rings. The molecule has 0 spiro atoms. The fraction of sp³-hybridized carbons (Fsp3) is 0.625. The van der Waals surface area contributed by atoms with Gasteiger partial charge in [0.25, 0.3) is 0 Å². The summed E-state index contributed by atoms with van der Waals surface area (Å²) in [4.78, 5) is 0. The number of rotatable bonds is 1. The topological polar surface area (TPSA) is 29.9 Å². The van der Waals surface area contributed by atoms with E-state index in [2.05, 4.69) is 17.3 Å². The lowest BCUT2D eigenvalue weighted by molar-refractivity contribution is 0.446. The van der Waals surface area contributed by atoms with E-state index in [1.807, 2.05) is 17.9 Å². The second kappa shape index (κ2) is 2.34. The molecule has 1 aromatic rings. The van der Waals surface area contributed by atoms with E-state index in [0.29, 0.717) is 5.92 Å². The molecule has 0 aliphatic carbocycles. The van der Waals surface area contributed by atoms with Crippen LogP contribution < -0.4 is 5.32 Å². The van der Waals surface area contributed by atoms with Crippen molar-refractivity contribution in [1.29, 1.82) is 0 Å². The molecule has 0 radical (unpaired) electrons. The molecule has 0 aromatic carbocycles. The van der Waals surface area contributed by atoms with E-state index in [1.165, 1.54) is 11.3 Å². The number of hydrogen-bond acceptors (Lipinski definition) is 2. The molecule has 1 aliphatic heterocycles. The van der Waals surface area contributed by atoms with Crippen molar-refractivity contribution in [2.75, 3.05) is 13.1 Å². The third-order valence-electron chi connectivity index (χ3n) is 2.49. The van der Waals surface area contributed by atoms with Crippen molar-refractivity contribution < 1.29 is 0 Å². The van der Waals surface area contributed by atoms with Gasteiger partial charge >= 0.3 is 0 Å². The third kappa shape index (κ3) is 0.959. The molecule has 11 heavy (non-hydrogen) atoms. The van der Waals surface area contributed by atoms with E-state index in [-0.39, 0.29) is 0 Å². The minimum atomic E-state index is 0.712. The van der Waals surface area contributed by atoms with Gasteiger partial charge in [0.2, 0.25) is 0 Å². The normalized spacial score (nSPS) is 18.4. The van der Waals surface area contributed by atoms with Crippen molar-refractivity contribution in [3.63, 3.8) is 0 Å². The van der Waals surface area contributed by atoms with Gasteiger partial charge in [0.05, 0.1) is 6.20 Å². The summed E-state index contributed by atoms with van der Waals surface area (Å²) in [5.41, 5.74) is 2.71. The lowest BCUT2D eigenvalue weighted by atomic mass is 9.95. The minimum Gasteiger partial charge on any atom is -0.315 e. The molecule has 3 heteroatoms. The highest BCUT2D eigenvalue weighted by Crippen LogP contribution is 2.21. The van der Waals surface area contributed by atoms with Gasteiger partial charge in [0.1, 0.15) is 0 Å². The summed E-state index contributed by atoms with van der Waals surface area (Å²) < 4.78 is 1.94. The maximum atomic E-state index is 4.21. The Balaban J connectivity index is 2.29. The first-order valence-corrected chi connectivity index (χ1v) is 3.98. The summed E-state index contributed by atoms with van der Waals surface area (Å²) in [7, 11) is 1.99. The molecule has 0 amide bonds. The molecule has 0 atom stereocenters. The zero-order chi connectivity index (χ0) is 7.84. The Morgan fingerprint density at radius 2 is 2.36 bits per heavy atom. The van der Waals surface area contributed by atoms with Gasteiger partial charge in [-0.05, 0) is 12.5 Å². The summed E-state index contributed by atoms with van der Waals surface area (Å²) in [6.45, 7) is 4.36. The van der Waals surface area contributed by atoms with Gasteiger partial charge in [-0.15, -0.1) is 0 Å². The average Bonchev–Trinajstić information content (AvgIpc) is 2.15. The molecule has 60 valence electrons. The Bertz CT molecular complexity index is 260. The summed E-state index contributed by atoms with van der Waals surface area (Å²) in [5, 5.41) is 7.47. The fourth-order valence-electron chi connectivity index (χ4n) is 1.43. The second-order valence-electron chi connectivity index (χ2n) is 3.16. The molecular formula is C8H13N3. The largest absolute Gasteiger partial charge is 0.315 e. The predicted molar refractivity (Wildman–Crippen MR) is 43.6 cm³/mol. The van der Waals surface area contributed by atoms with Crippen molar-refractivity contribution in [2.45, 2.75) is 12.8 Å². The summed E-state index contributed by atoms with van der Waals surface area (Å²) in [5.74, 6) is 0.712. The lowest BCUT2D eigenvalue weighted by Gasteiger charge is -2.26. The highest BCUT2D eigenvalue weighted by molar-refractivity contribution is 5.24. The van der Waals surface area contributed by atoms with Crippen LogP contribution in [0, 0.1) is 6.92 Å². The smallest absolute Gasteiger partial charge is 0.0528 e. The number of nitrogens with one attached hydrogen (secondary N) is 1. The Kier molecular flexibility index (Phi) is 1.46. The second-order valence-corrected chi connectivity index (χ2v) is 3.16. The maximum Gasteiger partial charge on any atom is 0.0528 e. The summed E-state index contributed by atoms with van der Waals surface area (Å²) >= 11 is 0. The average molecular weight is 151 g/mol. The van der Waals surface area contributed by atoms with Crippen LogP contribution >= 0.6 is 0 Å². The van der Waals surface area contributed by atoms with Crippen molar-refractivity contribution in [2.24, 2.45) is 7.05 Å². The Morgan fingerprint density at radius 3 is 2.73 bits per heavy atom. The highest BCUT2D eigenvalue weighted by atomic mass is 15.3. The molecule has 1 N–H and O–H groups in total. The molecule has 1 aliphatic rings. The molecule has 2 heterocycles. The van der Waals surface area contributed by atoms with Crippen LogP contribution in [0.5, 0.6) is 0 Å². The van der Waals surface area contributed by atoms with E-state index in [9.17, 15) is 0 Å². The molecule has 2 rings (SSSR count). The van der Waals surface area contributed by atoms with E-state index in [1.54, 1.807) is 0 Å². The predicted octanol–water partition coefficient (Wildman–Crippen LogP) is 0.415. The van der Waals surface area contributed by atoms with E-state index >= 15 is 0 Å². The van der Waals surface area contributed by atoms with Crippen LogP contribution in [0.2, 0.25) is 0 Å². The van der Waals surface area contributed by atoms with E-state index in [4.69, 9.17) is 0 Å². The third-order valence-corrected chi connectivity index (χ3v) is 2.49. The first-order valence-electron chi connectivity index (χ1n) is 3.98. The van der Waals surface area contributed by atoms with E-state index in [0.717, 1.165) is 13.1 Å². The quantitative estimate of drug-likeness (QED) is 0.630. The standard InChI is InChI=1S/C8H13N3/c1-6-8(5-10-11(6)2)7-3-9-4-7/h5,7,9H,3-4H2,1-2H3. The van der Waals surface area contributed by atoms with Crippen molar-refractivity contribution >= 4 is 0 Å². The monoisotopic (exact) mass is 151 g/mol. The molecule has 0 unspecified atom stereocenters. The van der Waals surface area contributed by atoms with Crippen molar-refractivity contribution in [1.82, 2.24) is 15.1 Å². The van der Waals surface area contributed by atoms with Gasteiger partial charge in [0.15, 0.2) is 0 Å². The molecule has 0 saturated carbocycles. The lowest BCUT2D eigenvalue weighted by Crippen LogP contribution is -2.40. The zero-order valence-electron chi connectivity index (χ0n) is 6.96. The van der Waals surface area contributed by atoms with Crippen LogP contribution in [-0.2, 0) is 7.05 Å². The Hall–Kier alpha value is -0.830. The first kappa shape index (κ1) is 6.85. The van der Waals surface area contributed by atoms with Gasteiger partial charge in [0, 0.05) is 31.7 Å². The van der Waals surface area contributed by atoms with Crippen LogP contribution in [0.3, 0.4) is 0 Å². The molecule has 1 aromatic heterocycles. The number of nitrogens with zero attached hydrogens (tertiary/aromatic N) is 2. The highest BCUT2D eigenvalue weighted by Gasteiger charge is 2.22. The minimum absolute atomic E-state index is 0.712. The van der Waals surface area contributed by atoms with Crippen molar-refractivity contribution in [3.05, 3.63) is 17.5 Å². The van der Waals surface area contributed by atoms with Crippen LogP contribution in [0.4, 0.5) is 0 Å². The molecule has 0 bridgehead atoms. The first-order chi connectivity index (χ1) is 5.29. The number of hydrogen-bond donors (Lipinski definition) is 1. The maximum absolute atomic E-state index is 4.21. The van der Waals surface area contributed by atoms with E-state index < -0.39 is 0 Å². The number of aryl methyl sites for hydroxylation is 1. The van der Waals surface area contributed by atoms with Crippen LogP contribution in [0.25, 0.3) is 0 Å². The Labute approximate surface area is 66.4 Å². The SMILES string of the molecule is Cc1c(C2CNC2)cnn1C. The van der Waals surface area contributed by atoms with Gasteiger partial charge in [-0.25, -0.2) is 0 Å². The molecular weight excluding hydrogens is 138 g/mol. The van der Waals surface area contributed by atoms with Crippen LogP contribution in [0.1, 0.15) is 17.2 Å². The summed E-state index contributed by atoms with van der Waals surface area (Å²) in [6, 6.07) is 0. The zero-order valence-corrected chi connectivity index (χ0v) is 6.96. The van der Waals surface area contributed by atoms with Gasteiger partial charge in [-0.3, -0.25) is 4.68 Å². The summed E-state index contributed by atoms with van der Waals surface area (Å²) in [6.07, 6.45) is 1.99. The molecule has 1 saturated heterocycles. The number of aromatic nitrogens is 2. The van der Waals surface area contributed by atoms with Crippen LogP contribution in [0.15, 0.2) is 6.20 Å². The van der Waals surface area contributed by atoms with Crippen molar-refractivity contribution in [3.8, 4) is 0 Å².